The Morgan fingerprint density at radius 3 is 1.31 bits per heavy atom. The summed E-state index contributed by atoms with van der Waals surface area (Å²) < 4.78 is 7.27. The first-order valence-electron chi connectivity index (χ1n) is 18.9. The first-order chi connectivity index (χ1) is 27.3. The molecule has 0 atom stereocenters. The zero-order valence-corrected chi connectivity index (χ0v) is 29.9. The lowest BCUT2D eigenvalue weighted by Gasteiger charge is -2.11. The van der Waals surface area contributed by atoms with Crippen molar-refractivity contribution in [3.8, 4) is 28.2 Å². The maximum absolute atomic E-state index is 2.46. The van der Waals surface area contributed by atoms with Crippen LogP contribution in [-0.4, -0.2) is 13.7 Å². The quantitative estimate of drug-likeness (QED) is 0.174. The molecule has 0 fully saturated rings. The lowest BCUT2D eigenvalue weighted by molar-refractivity contribution is 1.17. The van der Waals surface area contributed by atoms with Crippen molar-refractivity contribution in [1.29, 1.82) is 0 Å². The van der Waals surface area contributed by atoms with Gasteiger partial charge >= 0.3 is 0 Å². The summed E-state index contributed by atoms with van der Waals surface area (Å²) in [6, 6.07) is 73.2. The molecule has 0 radical (unpaired) electrons. The highest BCUT2D eigenvalue weighted by molar-refractivity contribution is 6.22. The summed E-state index contributed by atoms with van der Waals surface area (Å²) in [7, 11) is 0. The Kier molecular flexibility index (Phi) is 6.34. The molecule has 0 saturated heterocycles. The van der Waals surface area contributed by atoms with Crippen molar-refractivity contribution < 1.29 is 0 Å². The van der Waals surface area contributed by atoms with E-state index in [9.17, 15) is 0 Å². The van der Waals surface area contributed by atoms with Crippen molar-refractivity contribution in [3.63, 3.8) is 0 Å². The Bertz CT molecular complexity index is 3470. The van der Waals surface area contributed by atoms with Crippen molar-refractivity contribution in [2.75, 3.05) is 0 Å². The van der Waals surface area contributed by atoms with Crippen LogP contribution in [0.2, 0.25) is 0 Å². The van der Waals surface area contributed by atoms with E-state index in [2.05, 4.69) is 214 Å². The van der Waals surface area contributed by atoms with Gasteiger partial charge in [0.25, 0.3) is 0 Å². The van der Waals surface area contributed by atoms with Gasteiger partial charge in [-0.15, -0.1) is 0 Å². The minimum Gasteiger partial charge on any atom is -0.309 e. The van der Waals surface area contributed by atoms with Gasteiger partial charge in [-0.3, -0.25) is 0 Å². The van der Waals surface area contributed by atoms with Gasteiger partial charge in [-0.2, -0.15) is 0 Å². The van der Waals surface area contributed by atoms with Crippen LogP contribution in [-0.2, 0) is 0 Å². The number of rotatable bonds is 4. The number of nitrogens with zero attached hydrogens (tertiary/aromatic N) is 3. The van der Waals surface area contributed by atoms with Gasteiger partial charge in [0.2, 0.25) is 0 Å². The highest BCUT2D eigenvalue weighted by atomic mass is 15.0. The molecule has 0 aliphatic rings. The third-order valence-electron chi connectivity index (χ3n) is 11.6. The largest absolute Gasteiger partial charge is 0.309 e. The topological polar surface area (TPSA) is 14.8 Å². The summed E-state index contributed by atoms with van der Waals surface area (Å²) >= 11 is 0. The number of aromatic nitrogens is 3. The summed E-state index contributed by atoms with van der Waals surface area (Å²) in [5, 5.41) is 10.1. The number of para-hydroxylation sites is 4. The zero-order chi connectivity index (χ0) is 36.0. The SMILES string of the molecule is c1ccc(-n2c3ccccc3c3ccc(-c4ccc5c6ccccc6n(-c6ccc7c(c6)c6c8ccccc8ccc6n7-c6ccccc6)c5c4)cc32)cc1. The first kappa shape index (κ1) is 30.1. The Labute approximate surface area is 317 Å². The van der Waals surface area contributed by atoms with E-state index < -0.39 is 0 Å². The van der Waals surface area contributed by atoms with Crippen molar-refractivity contribution in [3.05, 3.63) is 200 Å². The maximum Gasteiger partial charge on any atom is 0.0547 e. The zero-order valence-electron chi connectivity index (χ0n) is 29.9. The van der Waals surface area contributed by atoms with Gasteiger partial charge < -0.3 is 13.7 Å². The fourth-order valence-electron chi connectivity index (χ4n) is 9.21. The molecule has 0 saturated carbocycles. The summed E-state index contributed by atoms with van der Waals surface area (Å²) in [4.78, 5) is 0. The molecule has 12 aromatic rings. The molecule has 3 heteroatoms. The minimum atomic E-state index is 1.15. The van der Waals surface area contributed by atoms with Crippen molar-refractivity contribution in [1.82, 2.24) is 13.7 Å². The molecule has 0 aliphatic heterocycles. The van der Waals surface area contributed by atoms with E-state index >= 15 is 0 Å². The average molecular weight is 700 g/mol. The summed E-state index contributed by atoms with van der Waals surface area (Å²) in [5.74, 6) is 0. The molecule has 3 heterocycles. The molecule has 0 N–H and O–H groups in total. The van der Waals surface area contributed by atoms with Gasteiger partial charge in [0.15, 0.2) is 0 Å². The van der Waals surface area contributed by atoms with E-state index in [0.717, 1.165) is 11.4 Å². The minimum absolute atomic E-state index is 1.15. The molecule has 0 spiro atoms. The fraction of sp³-hybridized carbons (Fsp3) is 0. The van der Waals surface area contributed by atoms with Crippen LogP contribution in [0, 0.1) is 0 Å². The van der Waals surface area contributed by atoms with Crippen LogP contribution in [0.25, 0.3) is 104 Å². The van der Waals surface area contributed by atoms with Gasteiger partial charge in [-0.25, -0.2) is 0 Å². The molecule has 9 aromatic carbocycles. The molecule has 3 nitrogen and oxygen atoms in total. The summed E-state index contributed by atoms with van der Waals surface area (Å²) in [5.41, 5.74) is 13.1. The molecule has 0 bridgehead atoms. The van der Waals surface area contributed by atoms with E-state index in [4.69, 9.17) is 0 Å². The molecule has 0 amide bonds. The Hall–Kier alpha value is -7.36. The molecule has 3 aromatic heterocycles. The molecule has 256 valence electrons. The van der Waals surface area contributed by atoms with Crippen LogP contribution >= 0.6 is 0 Å². The van der Waals surface area contributed by atoms with Crippen LogP contribution in [0.1, 0.15) is 0 Å². The summed E-state index contributed by atoms with van der Waals surface area (Å²) in [6.45, 7) is 0. The monoisotopic (exact) mass is 699 g/mol. The van der Waals surface area contributed by atoms with Crippen molar-refractivity contribution >= 4 is 76.2 Å². The number of hydrogen-bond donors (Lipinski definition) is 0. The lowest BCUT2D eigenvalue weighted by Crippen LogP contribution is -1.96. The van der Waals surface area contributed by atoms with E-state index in [0.29, 0.717) is 0 Å². The molecule has 0 unspecified atom stereocenters. The second kappa shape index (κ2) is 11.6. The van der Waals surface area contributed by atoms with Crippen LogP contribution < -0.4 is 0 Å². The normalized spacial score (nSPS) is 12.0. The molecule has 12 rings (SSSR count). The van der Waals surface area contributed by atoms with Gasteiger partial charge in [0, 0.05) is 49.4 Å². The van der Waals surface area contributed by atoms with Crippen LogP contribution in [0.15, 0.2) is 200 Å². The third-order valence-corrected chi connectivity index (χ3v) is 11.6. The third kappa shape index (κ3) is 4.38. The molecular formula is C52H33N3. The second-order valence-corrected chi connectivity index (χ2v) is 14.6. The maximum atomic E-state index is 2.46. The van der Waals surface area contributed by atoms with E-state index in [1.54, 1.807) is 0 Å². The Morgan fingerprint density at radius 2 is 0.691 bits per heavy atom. The first-order valence-corrected chi connectivity index (χ1v) is 18.9. The van der Waals surface area contributed by atoms with Crippen LogP contribution in [0.5, 0.6) is 0 Å². The molecule has 0 aliphatic carbocycles. The number of fused-ring (bicyclic) bond motifs is 11. The Morgan fingerprint density at radius 1 is 0.236 bits per heavy atom. The highest BCUT2D eigenvalue weighted by Crippen LogP contribution is 2.41. The summed E-state index contributed by atoms with van der Waals surface area (Å²) in [6.07, 6.45) is 0. The fourth-order valence-corrected chi connectivity index (χ4v) is 9.21. The van der Waals surface area contributed by atoms with Crippen molar-refractivity contribution in [2.24, 2.45) is 0 Å². The lowest BCUT2D eigenvalue weighted by atomic mass is 10.0. The average Bonchev–Trinajstić information content (AvgIpc) is 3.89. The Balaban J connectivity index is 1.11. The van der Waals surface area contributed by atoms with Crippen molar-refractivity contribution in [2.45, 2.75) is 0 Å². The molecular weight excluding hydrogens is 667 g/mol. The van der Waals surface area contributed by atoms with E-state index in [1.165, 1.54) is 93.0 Å². The number of hydrogen-bond acceptors (Lipinski definition) is 0. The van der Waals surface area contributed by atoms with Gasteiger partial charge in [0.05, 0.1) is 33.1 Å². The predicted molar refractivity (Wildman–Crippen MR) is 232 cm³/mol. The van der Waals surface area contributed by atoms with Gasteiger partial charge in [0.1, 0.15) is 0 Å². The van der Waals surface area contributed by atoms with E-state index in [-0.39, 0.29) is 0 Å². The second-order valence-electron chi connectivity index (χ2n) is 14.6. The highest BCUT2D eigenvalue weighted by Gasteiger charge is 2.19. The standard InChI is InChI=1S/C52H33N3/c1-3-14-37(15-4-1)53-48-30-26-39(33-45(48)52-40-18-8-7-13-34(40)25-29-49(52)53)55-47-22-12-10-20-42(47)44-28-24-36(32-51(44)55)35-23-27-43-41-19-9-11-21-46(41)54(50(43)31-35)38-16-5-2-6-17-38/h1-33H. The van der Waals surface area contributed by atoms with Gasteiger partial charge in [-0.1, -0.05) is 127 Å². The smallest absolute Gasteiger partial charge is 0.0547 e. The number of benzene rings is 9. The van der Waals surface area contributed by atoms with Crippen LogP contribution in [0.4, 0.5) is 0 Å². The van der Waals surface area contributed by atoms with E-state index in [1.807, 2.05) is 0 Å². The predicted octanol–water partition coefficient (Wildman–Crippen LogP) is 13.8. The van der Waals surface area contributed by atoms with Crippen LogP contribution in [0.3, 0.4) is 0 Å². The van der Waals surface area contributed by atoms with Gasteiger partial charge in [-0.05, 0) is 94.7 Å². The molecule has 55 heavy (non-hydrogen) atoms.